The van der Waals surface area contributed by atoms with Gasteiger partial charge in [0.25, 0.3) is 5.91 Å². The number of oxazole rings is 1. The first-order chi connectivity index (χ1) is 16.6. The third-order valence-corrected chi connectivity index (χ3v) is 8.02. The quantitative estimate of drug-likeness (QED) is 0.368. The van der Waals surface area contributed by atoms with E-state index in [1.807, 2.05) is 36.1 Å². The van der Waals surface area contributed by atoms with Gasteiger partial charge in [0.1, 0.15) is 23.6 Å². The summed E-state index contributed by atoms with van der Waals surface area (Å²) in [5, 5.41) is 0.807. The van der Waals surface area contributed by atoms with E-state index in [-0.39, 0.29) is 23.8 Å². The van der Waals surface area contributed by atoms with Gasteiger partial charge in [0.15, 0.2) is 5.58 Å². The predicted molar refractivity (Wildman–Crippen MR) is 127 cm³/mol. The number of aromatic nitrogens is 2. The molecule has 1 saturated carbocycles. The molecule has 2 aromatic heterocycles. The zero-order valence-electron chi connectivity index (χ0n) is 18.7. The number of nitrogens with zero attached hydrogens (tertiary/aromatic N) is 3. The molecule has 2 unspecified atom stereocenters. The Morgan fingerprint density at radius 3 is 2.82 bits per heavy atom. The van der Waals surface area contributed by atoms with Crippen LogP contribution in [0.25, 0.3) is 21.5 Å². The van der Waals surface area contributed by atoms with Crippen LogP contribution in [-0.2, 0) is 0 Å². The fourth-order valence-electron chi connectivity index (χ4n) is 5.44. The van der Waals surface area contributed by atoms with Gasteiger partial charge in [0.05, 0.1) is 15.9 Å². The second-order valence-electron chi connectivity index (χ2n) is 9.06. The molecule has 0 radical (unpaired) electrons. The summed E-state index contributed by atoms with van der Waals surface area (Å²) in [7, 11) is 0. The number of hydrogen-bond acceptors (Lipinski definition) is 6. The molecule has 1 amide bonds. The Bertz CT molecular complexity index is 1320. The fraction of sp³-hybridized carbons (Fsp3) is 0.346. The molecule has 2 fully saturated rings. The third-order valence-electron chi connectivity index (χ3n) is 7.00. The molecule has 1 aliphatic heterocycles. The van der Waals surface area contributed by atoms with Gasteiger partial charge in [-0.3, -0.25) is 4.79 Å². The number of rotatable bonds is 5. The lowest BCUT2D eigenvalue weighted by atomic mass is 9.94. The van der Waals surface area contributed by atoms with Crippen molar-refractivity contribution in [3.05, 3.63) is 65.0 Å². The molecular weight excluding hydrogens is 453 g/mol. The van der Waals surface area contributed by atoms with E-state index in [0.29, 0.717) is 36.3 Å². The van der Waals surface area contributed by atoms with E-state index in [4.69, 9.17) is 9.15 Å². The molecule has 1 saturated heterocycles. The fourth-order valence-corrected chi connectivity index (χ4v) is 6.36. The summed E-state index contributed by atoms with van der Waals surface area (Å²) < 4.78 is 25.2. The van der Waals surface area contributed by atoms with Crippen molar-refractivity contribution in [1.29, 1.82) is 0 Å². The molecule has 174 valence electrons. The number of halogens is 1. The number of aryl methyl sites for hydroxylation is 1. The van der Waals surface area contributed by atoms with E-state index in [1.165, 1.54) is 29.9 Å². The number of likely N-dealkylation sites (tertiary alicyclic amines) is 1. The average molecular weight is 478 g/mol. The van der Waals surface area contributed by atoms with Gasteiger partial charge in [0, 0.05) is 6.54 Å². The summed E-state index contributed by atoms with van der Waals surface area (Å²) in [6.45, 7) is 2.92. The van der Waals surface area contributed by atoms with Crippen LogP contribution in [0, 0.1) is 24.6 Å². The number of amides is 1. The summed E-state index contributed by atoms with van der Waals surface area (Å²) in [5.41, 5.74) is 2.66. The molecule has 0 spiro atoms. The number of benzene rings is 2. The minimum Gasteiger partial charge on any atom is -0.448 e. The van der Waals surface area contributed by atoms with Gasteiger partial charge in [0.2, 0.25) is 0 Å². The lowest BCUT2D eigenvalue weighted by molar-refractivity contribution is 0.0627. The predicted octanol–water partition coefficient (Wildman–Crippen LogP) is 5.72. The summed E-state index contributed by atoms with van der Waals surface area (Å²) >= 11 is 1.46. The summed E-state index contributed by atoms with van der Waals surface area (Å²) in [6, 6.07) is 13.7. The Morgan fingerprint density at radius 2 is 2.00 bits per heavy atom. The van der Waals surface area contributed by atoms with Crippen LogP contribution in [0.1, 0.15) is 34.8 Å². The Morgan fingerprint density at radius 1 is 1.18 bits per heavy atom. The first kappa shape index (κ1) is 21.3. The maximum atomic E-state index is 13.8. The lowest BCUT2D eigenvalue weighted by Crippen LogP contribution is -2.42. The van der Waals surface area contributed by atoms with Crippen LogP contribution in [0.3, 0.4) is 0 Å². The molecule has 6 rings (SSSR count). The van der Waals surface area contributed by atoms with E-state index < -0.39 is 0 Å². The number of thiazole rings is 1. The lowest BCUT2D eigenvalue weighted by Gasteiger charge is -2.27. The van der Waals surface area contributed by atoms with Crippen LogP contribution >= 0.6 is 11.3 Å². The summed E-state index contributed by atoms with van der Waals surface area (Å²) in [4.78, 5) is 25.5. The van der Waals surface area contributed by atoms with Crippen molar-refractivity contribution in [3.8, 4) is 16.5 Å². The van der Waals surface area contributed by atoms with Crippen molar-refractivity contribution >= 4 is 28.3 Å². The Balaban J connectivity index is 1.28. The number of ether oxygens (including phenoxy) is 1. The highest BCUT2D eigenvalue weighted by atomic mass is 32.1. The molecule has 8 heteroatoms. The van der Waals surface area contributed by atoms with E-state index in [2.05, 4.69) is 9.97 Å². The second kappa shape index (κ2) is 8.51. The zero-order chi connectivity index (χ0) is 23.2. The molecule has 0 bridgehead atoms. The Hall–Kier alpha value is -3.26. The van der Waals surface area contributed by atoms with Crippen LogP contribution < -0.4 is 4.74 Å². The van der Waals surface area contributed by atoms with Gasteiger partial charge in [-0.15, -0.1) is 11.3 Å². The van der Waals surface area contributed by atoms with E-state index in [9.17, 15) is 9.18 Å². The average Bonchev–Trinajstić information content (AvgIpc) is 3.60. The van der Waals surface area contributed by atoms with E-state index in [0.717, 1.165) is 33.8 Å². The Labute approximate surface area is 200 Å². The maximum Gasteiger partial charge on any atom is 0.394 e. The minimum absolute atomic E-state index is 0.0712. The molecule has 34 heavy (non-hydrogen) atoms. The first-order valence-electron chi connectivity index (χ1n) is 11.6. The highest BCUT2D eigenvalue weighted by Crippen LogP contribution is 2.43. The second-order valence-corrected chi connectivity index (χ2v) is 10.3. The van der Waals surface area contributed by atoms with Crippen molar-refractivity contribution < 1.29 is 18.3 Å². The maximum absolute atomic E-state index is 13.8. The Kier molecular flexibility index (Phi) is 5.32. The van der Waals surface area contributed by atoms with Gasteiger partial charge < -0.3 is 14.1 Å². The molecule has 6 nitrogen and oxygen atoms in total. The van der Waals surface area contributed by atoms with E-state index >= 15 is 0 Å². The number of para-hydroxylation sites is 2. The molecule has 3 atom stereocenters. The van der Waals surface area contributed by atoms with Crippen molar-refractivity contribution in [2.24, 2.45) is 11.8 Å². The number of hydrogen-bond donors (Lipinski definition) is 0. The first-order valence-corrected chi connectivity index (χ1v) is 12.4. The SMILES string of the molecule is Cc1nc(C(=O)N2CC3CCC[C@H]3C2COc2nc3ccccc3o2)c(-c2ccc(F)cc2)s1. The van der Waals surface area contributed by atoms with Crippen LogP contribution in [0.2, 0.25) is 0 Å². The van der Waals surface area contributed by atoms with Crippen LogP contribution in [-0.4, -0.2) is 40.0 Å². The monoisotopic (exact) mass is 477 g/mol. The topological polar surface area (TPSA) is 68.5 Å². The number of carbonyl (C=O) groups is 1. The molecule has 4 aromatic rings. The van der Waals surface area contributed by atoms with Gasteiger partial charge >= 0.3 is 6.08 Å². The minimum atomic E-state index is -0.304. The van der Waals surface area contributed by atoms with Gasteiger partial charge in [-0.1, -0.05) is 30.7 Å². The standard InChI is InChI=1S/C26H24FN3O3S/c1-15-28-23(24(34-15)16-9-11-18(27)12-10-16)25(31)30-13-17-5-4-6-19(17)21(30)14-32-26-29-20-7-2-3-8-22(20)33-26/h2-3,7-12,17,19,21H,4-6,13-14H2,1H3/t17?,19-,21?/m1/s1. The molecule has 2 aliphatic rings. The summed E-state index contributed by atoms with van der Waals surface area (Å²) in [6.07, 6.45) is 3.60. The van der Waals surface area contributed by atoms with Gasteiger partial charge in [-0.2, -0.15) is 4.98 Å². The molecule has 3 heterocycles. The summed E-state index contributed by atoms with van der Waals surface area (Å²) in [5.74, 6) is 0.461. The third kappa shape index (κ3) is 3.76. The van der Waals surface area contributed by atoms with Crippen molar-refractivity contribution in [2.75, 3.05) is 13.2 Å². The molecule has 1 aliphatic carbocycles. The largest absolute Gasteiger partial charge is 0.448 e. The van der Waals surface area contributed by atoms with Crippen molar-refractivity contribution in [2.45, 2.75) is 32.2 Å². The van der Waals surface area contributed by atoms with Crippen LogP contribution in [0.5, 0.6) is 6.08 Å². The number of fused-ring (bicyclic) bond motifs is 2. The van der Waals surface area contributed by atoms with Crippen LogP contribution in [0.4, 0.5) is 4.39 Å². The smallest absolute Gasteiger partial charge is 0.394 e. The van der Waals surface area contributed by atoms with Crippen LogP contribution in [0.15, 0.2) is 52.9 Å². The molecule has 0 N–H and O–H groups in total. The normalized spacial score (nSPS) is 21.8. The van der Waals surface area contributed by atoms with Crippen molar-refractivity contribution in [3.63, 3.8) is 0 Å². The highest BCUT2D eigenvalue weighted by molar-refractivity contribution is 7.15. The van der Waals surface area contributed by atoms with Gasteiger partial charge in [-0.05, 0) is 61.4 Å². The molecule has 2 aromatic carbocycles. The number of carbonyl (C=O) groups excluding carboxylic acids is 1. The highest BCUT2D eigenvalue weighted by Gasteiger charge is 2.47. The van der Waals surface area contributed by atoms with Crippen molar-refractivity contribution in [1.82, 2.24) is 14.9 Å². The van der Waals surface area contributed by atoms with Gasteiger partial charge in [-0.25, -0.2) is 9.37 Å². The zero-order valence-corrected chi connectivity index (χ0v) is 19.6. The molecular formula is C26H24FN3O3S. The van der Waals surface area contributed by atoms with E-state index in [1.54, 1.807) is 12.1 Å².